The second-order valence-corrected chi connectivity index (χ2v) is 5.75. The van der Waals surface area contributed by atoms with Gasteiger partial charge in [0.1, 0.15) is 0 Å². The first-order valence-corrected chi connectivity index (χ1v) is 5.43. The van der Waals surface area contributed by atoms with Crippen molar-refractivity contribution in [1.29, 1.82) is 0 Å². The van der Waals surface area contributed by atoms with Crippen molar-refractivity contribution < 1.29 is 0 Å². The Labute approximate surface area is 77.7 Å². The Kier molecular flexibility index (Phi) is 2.85. The van der Waals surface area contributed by atoms with Crippen molar-refractivity contribution in [2.24, 2.45) is 23.2 Å². The molecular weight excluding hydrogens is 144 g/mol. The van der Waals surface area contributed by atoms with Crippen LogP contribution in [0, 0.1) is 23.2 Å². The number of hydrogen-bond acceptors (Lipinski definition) is 0. The Morgan fingerprint density at radius 1 is 1.33 bits per heavy atom. The van der Waals surface area contributed by atoms with E-state index in [1.807, 2.05) is 0 Å². The quantitative estimate of drug-likeness (QED) is 0.595. The smallest absolute Gasteiger partial charge is 0.0321 e. The van der Waals surface area contributed by atoms with Gasteiger partial charge in [0.2, 0.25) is 0 Å². The van der Waals surface area contributed by atoms with E-state index in [0.29, 0.717) is 5.41 Å². The second-order valence-electron chi connectivity index (χ2n) is 5.75. The van der Waals surface area contributed by atoms with Gasteiger partial charge in [-0.15, -0.1) is 0 Å². The molecular formula is C12H24. The second kappa shape index (κ2) is 3.40. The zero-order valence-electron chi connectivity index (χ0n) is 9.35. The Morgan fingerprint density at radius 3 is 2.25 bits per heavy atom. The molecule has 1 rings (SSSR count). The summed E-state index contributed by atoms with van der Waals surface area (Å²) in [6.07, 6.45) is 4.31. The normalized spacial score (nSPS) is 33.5. The summed E-state index contributed by atoms with van der Waals surface area (Å²) in [5, 5.41) is 0. The predicted molar refractivity (Wildman–Crippen MR) is 55.1 cm³/mol. The minimum atomic E-state index is 0.647. The first-order valence-electron chi connectivity index (χ1n) is 5.43. The predicted octanol–water partition coefficient (Wildman–Crippen LogP) is 4.10. The van der Waals surface area contributed by atoms with E-state index in [0.717, 1.165) is 17.8 Å². The van der Waals surface area contributed by atoms with Crippen LogP contribution in [0.25, 0.3) is 0 Å². The molecule has 2 atom stereocenters. The van der Waals surface area contributed by atoms with Crippen LogP contribution < -0.4 is 0 Å². The fraction of sp³-hybridized carbons (Fsp3) is 1.00. The molecule has 0 aromatic carbocycles. The van der Waals surface area contributed by atoms with Crippen LogP contribution in [0.4, 0.5) is 0 Å². The van der Waals surface area contributed by atoms with Gasteiger partial charge in [0.05, 0.1) is 0 Å². The van der Waals surface area contributed by atoms with Gasteiger partial charge in [-0.25, -0.2) is 0 Å². The van der Waals surface area contributed by atoms with Crippen molar-refractivity contribution in [3.8, 4) is 0 Å². The molecule has 12 heavy (non-hydrogen) atoms. The lowest BCUT2D eigenvalue weighted by Crippen LogP contribution is -2.42. The Bertz CT molecular complexity index is 144. The zero-order chi connectivity index (χ0) is 9.35. The first kappa shape index (κ1) is 10.1. The maximum atomic E-state index is 2.43. The van der Waals surface area contributed by atoms with Gasteiger partial charge in [-0.1, -0.05) is 41.0 Å². The molecule has 1 aliphatic carbocycles. The van der Waals surface area contributed by atoms with Gasteiger partial charge >= 0.3 is 0 Å². The summed E-state index contributed by atoms with van der Waals surface area (Å²) in [6.45, 7) is 11.9. The molecule has 1 saturated carbocycles. The average Bonchev–Trinajstić information content (AvgIpc) is 1.84. The molecule has 1 fully saturated rings. The summed E-state index contributed by atoms with van der Waals surface area (Å²) in [5.41, 5.74) is 0.647. The molecule has 0 heteroatoms. The van der Waals surface area contributed by atoms with Crippen LogP contribution in [-0.4, -0.2) is 0 Å². The fourth-order valence-corrected chi connectivity index (χ4v) is 2.92. The summed E-state index contributed by atoms with van der Waals surface area (Å²) >= 11 is 0. The van der Waals surface area contributed by atoms with Crippen molar-refractivity contribution in [3.05, 3.63) is 0 Å². The summed E-state index contributed by atoms with van der Waals surface area (Å²) < 4.78 is 0. The van der Waals surface area contributed by atoms with Crippen LogP contribution in [0.2, 0.25) is 0 Å². The third kappa shape index (κ3) is 2.02. The third-order valence-electron chi connectivity index (χ3n) is 3.59. The van der Waals surface area contributed by atoms with E-state index in [1.54, 1.807) is 0 Å². The van der Waals surface area contributed by atoms with Gasteiger partial charge in [0.15, 0.2) is 0 Å². The van der Waals surface area contributed by atoms with Crippen molar-refractivity contribution in [1.82, 2.24) is 0 Å². The molecule has 0 nitrogen and oxygen atoms in total. The number of rotatable bonds is 3. The molecule has 0 aromatic rings. The van der Waals surface area contributed by atoms with Gasteiger partial charge in [0, 0.05) is 0 Å². The molecule has 2 unspecified atom stereocenters. The molecule has 0 aliphatic heterocycles. The van der Waals surface area contributed by atoms with Crippen LogP contribution >= 0.6 is 0 Å². The standard InChI is InChI=1S/C12H24/c1-9(2)6-7-11-10(3)8-12(11,4)5/h9-11H,6-8H2,1-5H3. The summed E-state index contributed by atoms with van der Waals surface area (Å²) in [4.78, 5) is 0. The van der Waals surface area contributed by atoms with Gasteiger partial charge in [-0.3, -0.25) is 0 Å². The highest BCUT2D eigenvalue weighted by molar-refractivity contribution is 4.93. The molecule has 0 saturated heterocycles. The highest BCUT2D eigenvalue weighted by atomic mass is 14.5. The Hall–Kier alpha value is 0. The van der Waals surface area contributed by atoms with E-state index in [1.165, 1.54) is 19.3 Å². The van der Waals surface area contributed by atoms with Gasteiger partial charge in [-0.2, -0.15) is 0 Å². The van der Waals surface area contributed by atoms with Crippen molar-refractivity contribution in [2.45, 2.75) is 53.9 Å². The van der Waals surface area contributed by atoms with Crippen LogP contribution in [0.5, 0.6) is 0 Å². The fourth-order valence-electron chi connectivity index (χ4n) is 2.92. The maximum Gasteiger partial charge on any atom is -0.0321 e. The Morgan fingerprint density at radius 2 is 1.92 bits per heavy atom. The lowest BCUT2D eigenvalue weighted by Gasteiger charge is -2.51. The number of hydrogen-bond donors (Lipinski definition) is 0. The molecule has 0 radical (unpaired) electrons. The van der Waals surface area contributed by atoms with E-state index < -0.39 is 0 Å². The average molecular weight is 168 g/mol. The minimum absolute atomic E-state index is 0.647. The SMILES string of the molecule is CC(C)CCC1C(C)CC1(C)C. The van der Waals surface area contributed by atoms with Crippen LogP contribution in [-0.2, 0) is 0 Å². The van der Waals surface area contributed by atoms with Gasteiger partial charge in [-0.05, 0) is 36.0 Å². The van der Waals surface area contributed by atoms with Crippen molar-refractivity contribution in [2.75, 3.05) is 0 Å². The van der Waals surface area contributed by atoms with Gasteiger partial charge in [0.25, 0.3) is 0 Å². The van der Waals surface area contributed by atoms with Gasteiger partial charge < -0.3 is 0 Å². The summed E-state index contributed by atoms with van der Waals surface area (Å²) in [7, 11) is 0. The van der Waals surface area contributed by atoms with E-state index in [2.05, 4.69) is 34.6 Å². The highest BCUT2D eigenvalue weighted by Gasteiger charge is 2.43. The van der Waals surface area contributed by atoms with Crippen molar-refractivity contribution in [3.63, 3.8) is 0 Å². The topological polar surface area (TPSA) is 0 Å². The molecule has 0 aromatic heterocycles. The first-order chi connectivity index (χ1) is 5.43. The van der Waals surface area contributed by atoms with E-state index in [9.17, 15) is 0 Å². The third-order valence-corrected chi connectivity index (χ3v) is 3.59. The molecule has 0 bridgehead atoms. The Balaban J connectivity index is 2.31. The molecule has 0 spiro atoms. The van der Waals surface area contributed by atoms with E-state index >= 15 is 0 Å². The molecule has 1 aliphatic rings. The van der Waals surface area contributed by atoms with Crippen LogP contribution in [0.3, 0.4) is 0 Å². The lowest BCUT2D eigenvalue weighted by atomic mass is 9.55. The largest absolute Gasteiger partial charge is 0.0628 e. The van der Waals surface area contributed by atoms with Crippen LogP contribution in [0.1, 0.15) is 53.9 Å². The summed E-state index contributed by atoms with van der Waals surface area (Å²) in [5.74, 6) is 2.87. The molecule has 0 amide bonds. The summed E-state index contributed by atoms with van der Waals surface area (Å²) in [6, 6.07) is 0. The minimum Gasteiger partial charge on any atom is -0.0628 e. The highest BCUT2D eigenvalue weighted by Crippen LogP contribution is 2.52. The molecule has 0 N–H and O–H groups in total. The van der Waals surface area contributed by atoms with Crippen molar-refractivity contribution >= 4 is 0 Å². The monoisotopic (exact) mass is 168 g/mol. The molecule has 0 heterocycles. The lowest BCUT2D eigenvalue weighted by molar-refractivity contribution is -0.00931. The van der Waals surface area contributed by atoms with Crippen LogP contribution in [0.15, 0.2) is 0 Å². The maximum absolute atomic E-state index is 2.43. The van der Waals surface area contributed by atoms with E-state index in [4.69, 9.17) is 0 Å². The molecule has 72 valence electrons. The van der Waals surface area contributed by atoms with E-state index in [-0.39, 0.29) is 0 Å². The zero-order valence-corrected chi connectivity index (χ0v) is 9.35.